The van der Waals surface area contributed by atoms with Crippen LogP contribution in [0.15, 0.2) is 35.1 Å². The number of nitrogens with zero attached hydrogens (tertiary/aromatic N) is 2. The maximum Gasteiger partial charge on any atom is 0.407 e. The van der Waals surface area contributed by atoms with E-state index in [1.54, 1.807) is 33.0 Å². The Balaban J connectivity index is 1.59. The van der Waals surface area contributed by atoms with Crippen molar-refractivity contribution in [3.05, 3.63) is 46.7 Å². The zero-order valence-electron chi connectivity index (χ0n) is 24.7. The molecule has 0 aliphatic heterocycles. The van der Waals surface area contributed by atoms with Crippen LogP contribution in [0.5, 0.6) is 11.5 Å². The standard InChI is InChI=1S/C28H38BrF2N5O4SSi/c1-28(2,3)40-27(37)34-10-7-9-33-26(41)35-18-14-20(30)24(21(31)15-18)39-22-8-11-32-25-23(22)19(29)16-36(25)17-38-12-13-42(4,5)6/h8,11,14-16H,7,9-10,12-13,17H2,1-6H3,(H,34,37)(H2,33,35,41). The van der Waals surface area contributed by atoms with Gasteiger partial charge in [-0.05, 0) is 67.5 Å². The summed E-state index contributed by atoms with van der Waals surface area (Å²) in [5.41, 5.74) is 0.0996. The number of anilines is 1. The number of hydrogen-bond donors (Lipinski definition) is 3. The molecule has 0 unspecified atom stereocenters. The van der Waals surface area contributed by atoms with Gasteiger partial charge in [-0.25, -0.2) is 18.6 Å². The van der Waals surface area contributed by atoms with E-state index < -0.39 is 37.2 Å². The molecule has 1 amide bonds. The third-order valence-electron chi connectivity index (χ3n) is 5.68. The number of benzene rings is 1. The van der Waals surface area contributed by atoms with Crippen LogP contribution in [-0.2, 0) is 16.2 Å². The number of pyridine rings is 1. The second-order valence-corrected chi connectivity index (χ2v) is 18.7. The molecule has 0 saturated heterocycles. The number of rotatable bonds is 12. The molecule has 0 saturated carbocycles. The van der Waals surface area contributed by atoms with Crippen molar-refractivity contribution in [2.24, 2.45) is 0 Å². The van der Waals surface area contributed by atoms with Crippen LogP contribution in [0.25, 0.3) is 11.0 Å². The molecule has 0 aliphatic rings. The Hall–Kier alpha value is -2.81. The molecule has 2 heterocycles. The van der Waals surface area contributed by atoms with E-state index in [-0.39, 0.29) is 16.5 Å². The molecular weight excluding hydrogens is 648 g/mol. The molecule has 0 aliphatic carbocycles. The van der Waals surface area contributed by atoms with Gasteiger partial charge in [0, 0.05) is 62.5 Å². The first kappa shape index (κ1) is 33.7. The molecule has 0 spiro atoms. The Morgan fingerprint density at radius 1 is 1.14 bits per heavy atom. The highest BCUT2D eigenvalue weighted by atomic mass is 79.9. The first-order valence-corrected chi connectivity index (χ1v) is 18.4. The van der Waals surface area contributed by atoms with Crippen LogP contribution in [0.2, 0.25) is 25.7 Å². The van der Waals surface area contributed by atoms with Crippen LogP contribution in [0.3, 0.4) is 0 Å². The Morgan fingerprint density at radius 2 is 1.81 bits per heavy atom. The van der Waals surface area contributed by atoms with Crippen molar-refractivity contribution in [2.75, 3.05) is 25.0 Å². The largest absolute Gasteiger partial charge is 0.450 e. The average Bonchev–Trinajstić information content (AvgIpc) is 3.18. The van der Waals surface area contributed by atoms with Gasteiger partial charge in [-0.15, -0.1) is 0 Å². The third-order valence-corrected chi connectivity index (χ3v) is 8.23. The van der Waals surface area contributed by atoms with E-state index in [4.69, 9.17) is 26.4 Å². The number of ether oxygens (including phenoxy) is 3. The van der Waals surface area contributed by atoms with E-state index in [0.29, 0.717) is 48.4 Å². The fourth-order valence-electron chi connectivity index (χ4n) is 3.67. The molecule has 0 radical (unpaired) electrons. The second kappa shape index (κ2) is 14.6. The van der Waals surface area contributed by atoms with Gasteiger partial charge in [-0.1, -0.05) is 19.6 Å². The maximum absolute atomic E-state index is 15.0. The summed E-state index contributed by atoms with van der Waals surface area (Å²) in [5, 5.41) is 9.08. The molecule has 0 fully saturated rings. The van der Waals surface area contributed by atoms with Gasteiger partial charge >= 0.3 is 6.09 Å². The number of hydrogen-bond acceptors (Lipinski definition) is 6. The normalized spacial score (nSPS) is 11.8. The summed E-state index contributed by atoms with van der Waals surface area (Å²) in [6, 6.07) is 4.78. The highest BCUT2D eigenvalue weighted by molar-refractivity contribution is 9.10. The number of carbonyl (C=O) groups excluding carboxylic acids is 1. The summed E-state index contributed by atoms with van der Waals surface area (Å²) in [5.74, 6) is -2.12. The van der Waals surface area contributed by atoms with Crippen molar-refractivity contribution in [1.29, 1.82) is 0 Å². The van der Waals surface area contributed by atoms with E-state index in [1.165, 1.54) is 6.20 Å². The summed E-state index contributed by atoms with van der Waals surface area (Å²) in [6.07, 6.45) is 3.37. The summed E-state index contributed by atoms with van der Waals surface area (Å²) in [7, 11) is -1.22. The van der Waals surface area contributed by atoms with Crippen LogP contribution < -0.4 is 20.7 Å². The van der Waals surface area contributed by atoms with E-state index >= 15 is 8.78 Å². The predicted octanol–water partition coefficient (Wildman–Crippen LogP) is 7.38. The molecule has 2 aromatic heterocycles. The van der Waals surface area contributed by atoms with Crippen molar-refractivity contribution < 1.29 is 27.8 Å². The quantitative estimate of drug-likeness (QED) is 0.103. The minimum Gasteiger partial charge on any atom is -0.450 e. The molecule has 3 aromatic rings. The fourth-order valence-corrected chi connectivity index (χ4v) is 5.27. The minimum atomic E-state index is -1.22. The lowest BCUT2D eigenvalue weighted by atomic mass is 10.2. The number of nitrogens with one attached hydrogen (secondary N) is 3. The molecule has 230 valence electrons. The van der Waals surface area contributed by atoms with Gasteiger partial charge in [0.1, 0.15) is 23.7 Å². The van der Waals surface area contributed by atoms with Crippen molar-refractivity contribution >= 4 is 64.1 Å². The van der Waals surface area contributed by atoms with Gasteiger partial charge in [0.2, 0.25) is 0 Å². The number of alkyl carbamates (subject to hydrolysis) is 1. The Morgan fingerprint density at radius 3 is 2.45 bits per heavy atom. The topological polar surface area (TPSA) is 98.7 Å². The van der Waals surface area contributed by atoms with Crippen LogP contribution in [0.4, 0.5) is 19.3 Å². The molecule has 14 heteroatoms. The predicted molar refractivity (Wildman–Crippen MR) is 171 cm³/mol. The number of aromatic nitrogens is 2. The zero-order chi connectivity index (χ0) is 31.1. The summed E-state index contributed by atoms with van der Waals surface area (Å²) >= 11 is 8.74. The Kier molecular flexibility index (Phi) is 11.7. The van der Waals surface area contributed by atoms with E-state index in [2.05, 4.69) is 56.5 Å². The van der Waals surface area contributed by atoms with Gasteiger partial charge in [0.05, 0.1) is 5.39 Å². The number of halogens is 3. The molecule has 0 bridgehead atoms. The van der Waals surface area contributed by atoms with Crippen LogP contribution in [0, 0.1) is 11.6 Å². The lowest BCUT2D eigenvalue weighted by molar-refractivity contribution is 0.0527. The molecule has 1 aromatic carbocycles. The monoisotopic (exact) mass is 685 g/mol. The Bertz CT molecular complexity index is 1390. The smallest absolute Gasteiger partial charge is 0.407 e. The lowest BCUT2D eigenvalue weighted by Gasteiger charge is -2.19. The van der Waals surface area contributed by atoms with Crippen LogP contribution in [-0.4, -0.2) is 54.1 Å². The molecule has 0 atom stereocenters. The second-order valence-electron chi connectivity index (χ2n) is 11.8. The third kappa shape index (κ3) is 10.5. The molecule has 3 rings (SSSR count). The van der Waals surface area contributed by atoms with Gasteiger partial charge < -0.3 is 34.7 Å². The molecule has 9 nitrogen and oxygen atoms in total. The highest BCUT2D eigenvalue weighted by Gasteiger charge is 2.20. The fraction of sp³-hybridized carbons (Fsp3) is 0.464. The number of amides is 1. The first-order chi connectivity index (χ1) is 19.6. The van der Waals surface area contributed by atoms with Gasteiger partial charge in [0.25, 0.3) is 0 Å². The molecular formula is C28H38BrF2N5O4SSi. The number of thiocarbonyl (C=S) groups is 1. The number of fused-ring (bicyclic) bond motifs is 1. The average molecular weight is 687 g/mol. The molecule has 3 N–H and O–H groups in total. The van der Waals surface area contributed by atoms with E-state index in [0.717, 1.165) is 18.2 Å². The highest BCUT2D eigenvalue weighted by Crippen LogP contribution is 2.37. The Labute approximate surface area is 259 Å². The lowest BCUT2D eigenvalue weighted by Crippen LogP contribution is -2.35. The maximum atomic E-state index is 15.0. The zero-order valence-corrected chi connectivity index (χ0v) is 28.1. The number of carbonyl (C=O) groups is 1. The van der Waals surface area contributed by atoms with Crippen LogP contribution >= 0.6 is 28.1 Å². The summed E-state index contributed by atoms with van der Waals surface area (Å²) < 4.78 is 49.3. The van der Waals surface area contributed by atoms with Crippen molar-refractivity contribution in [3.63, 3.8) is 0 Å². The van der Waals surface area contributed by atoms with Crippen molar-refractivity contribution in [3.8, 4) is 11.5 Å². The van der Waals surface area contributed by atoms with Gasteiger partial charge in [0.15, 0.2) is 22.5 Å². The van der Waals surface area contributed by atoms with Crippen molar-refractivity contribution in [2.45, 2.75) is 65.2 Å². The van der Waals surface area contributed by atoms with E-state index in [9.17, 15) is 4.79 Å². The SMILES string of the molecule is CC(C)(C)OC(=O)NCCCNC(=S)Nc1cc(F)c(Oc2ccnc3c2c(Br)cn3COCC[Si](C)(C)C)c(F)c1. The summed E-state index contributed by atoms with van der Waals surface area (Å²) in [4.78, 5) is 16.1. The van der Waals surface area contributed by atoms with E-state index in [1.807, 2.05) is 4.57 Å². The molecule has 42 heavy (non-hydrogen) atoms. The van der Waals surface area contributed by atoms with Gasteiger partial charge in [-0.2, -0.15) is 0 Å². The minimum absolute atomic E-state index is 0.115. The van der Waals surface area contributed by atoms with Gasteiger partial charge in [-0.3, -0.25) is 0 Å². The summed E-state index contributed by atoms with van der Waals surface area (Å²) in [6.45, 7) is 13.9. The van der Waals surface area contributed by atoms with Crippen LogP contribution in [0.1, 0.15) is 27.2 Å². The van der Waals surface area contributed by atoms with Crippen molar-refractivity contribution in [1.82, 2.24) is 20.2 Å². The first-order valence-electron chi connectivity index (χ1n) is 13.5.